The number of nitrogens with one attached hydrogen (secondary N) is 2. The van der Waals surface area contributed by atoms with E-state index in [4.69, 9.17) is 10.1 Å². The zero-order valence-corrected chi connectivity index (χ0v) is 21.4. The fourth-order valence-corrected chi connectivity index (χ4v) is 4.40. The molecular weight excluding hydrogens is 486 g/mol. The Morgan fingerprint density at radius 2 is 1.89 bits per heavy atom. The van der Waals surface area contributed by atoms with E-state index < -0.39 is 10.0 Å². The van der Waals surface area contributed by atoms with Gasteiger partial charge in [0.15, 0.2) is 0 Å². The Labute approximate surface area is 217 Å². The van der Waals surface area contributed by atoms with Gasteiger partial charge < -0.3 is 10.6 Å². The molecule has 0 spiro atoms. The second-order valence-electron chi connectivity index (χ2n) is 8.92. The summed E-state index contributed by atoms with van der Waals surface area (Å²) < 4.78 is 23.2. The molecule has 1 aliphatic rings. The molecule has 4 N–H and O–H groups in total. The van der Waals surface area contributed by atoms with Crippen molar-refractivity contribution in [3.05, 3.63) is 114 Å². The highest BCUT2D eigenvalue weighted by atomic mass is 32.2. The molecule has 2 atom stereocenters. The Morgan fingerprint density at radius 1 is 1.11 bits per heavy atom. The molecule has 9 heteroatoms. The maximum Gasteiger partial charge on any atom is 0.257 e. The molecule has 0 radical (unpaired) electrons. The van der Waals surface area contributed by atoms with Gasteiger partial charge in [0.2, 0.25) is 10.0 Å². The molecule has 190 valence electrons. The molecule has 1 aliphatic heterocycles. The van der Waals surface area contributed by atoms with Crippen LogP contribution in [0.4, 0.5) is 5.69 Å². The monoisotopic (exact) mass is 515 g/mol. The highest BCUT2D eigenvalue weighted by Crippen LogP contribution is 2.22. The van der Waals surface area contributed by atoms with Crippen LogP contribution in [-0.2, 0) is 10.0 Å². The van der Waals surface area contributed by atoms with Crippen LogP contribution in [0, 0.1) is 5.92 Å². The summed E-state index contributed by atoms with van der Waals surface area (Å²) in [7, 11) is -3.77. The van der Waals surface area contributed by atoms with Crippen LogP contribution in [0.3, 0.4) is 0 Å². The standard InChI is InChI=1S/C28H29N5O3S/c1-19-6-3-10-26(21-11-13-25(14-12-21)37(29,35)36)33-27(16-19)31-20(2)22-7-4-9-24(17-22)32-28(34)23-8-5-15-30-18-23/h3-5,7-20,31H,6H2,1-2H3,(H,32,34)(H2,29,35,36)/b10-3+,27-16-,33-26+/t19?,20-/m0/s1. The molecule has 4 rings (SSSR count). The van der Waals surface area contributed by atoms with E-state index in [1.807, 2.05) is 37.3 Å². The minimum atomic E-state index is -3.77. The van der Waals surface area contributed by atoms with Gasteiger partial charge in [0, 0.05) is 23.6 Å². The molecule has 0 bridgehead atoms. The van der Waals surface area contributed by atoms with Gasteiger partial charge in [-0.2, -0.15) is 0 Å². The average molecular weight is 516 g/mol. The Bertz CT molecular complexity index is 1460. The van der Waals surface area contributed by atoms with E-state index in [0.717, 1.165) is 17.5 Å². The van der Waals surface area contributed by atoms with Crippen molar-refractivity contribution < 1.29 is 13.2 Å². The van der Waals surface area contributed by atoms with Gasteiger partial charge in [-0.15, -0.1) is 0 Å². The molecule has 2 heterocycles. The summed E-state index contributed by atoms with van der Waals surface area (Å²) in [5.41, 5.74) is 3.63. The molecule has 1 amide bonds. The summed E-state index contributed by atoms with van der Waals surface area (Å²) in [5.74, 6) is 0.752. The van der Waals surface area contributed by atoms with Gasteiger partial charge in [0.1, 0.15) is 5.82 Å². The number of rotatable bonds is 7. The first-order valence-corrected chi connectivity index (χ1v) is 13.4. The fourth-order valence-electron chi connectivity index (χ4n) is 3.88. The van der Waals surface area contributed by atoms with Crippen molar-refractivity contribution >= 4 is 27.3 Å². The van der Waals surface area contributed by atoms with Crippen LogP contribution in [0.2, 0.25) is 0 Å². The molecule has 2 aromatic carbocycles. The molecule has 37 heavy (non-hydrogen) atoms. The number of carbonyl (C=O) groups excluding carboxylic acids is 1. The molecule has 3 aromatic rings. The van der Waals surface area contributed by atoms with E-state index >= 15 is 0 Å². The summed E-state index contributed by atoms with van der Waals surface area (Å²) in [6.45, 7) is 4.14. The van der Waals surface area contributed by atoms with Gasteiger partial charge >= 0.3 is 0 Å². The number of sulfonamides is 1. The maximum absolute atomic E-state index is 12.5. The zero-order valence-electron chi connectivity index (χ0n) is 20.6. The smallest absolute Gasteiger partial charge is 0.257 e. The molecule has 0 saturated carbocycles. The topological polar surface area (TPSA) is 127 Å². The van der Waals surface area contributed by atoms with Crippen LogP contribution in [0.1, 0.15) is 47.8 Å². The first-order valence-electron chi connectivity index (χ1n) is 11.9. The van der Waals surface area contributed by atoms with Crippen LogP contribution in [0.5, 0.6) is 0 Å². The molecule has 1 unspecified atom stereocenters. The third kappa shape index (κ3) is 6.99. The van der Waals surface area contributed by atoms with Gasteiger partial charge in [-0.25, -0.2) is 18.5 Å². The van der Waals surface area contributed by atoms with Gasteiger partial charge in [-0.3, -0.25) is 9.78 Å². The van der Waals surface area contributed by atoms with Crippen LogP contribution in [-0.4, -0.2) is 25.0 Å². The van der Waals surface area contributed by atoms with Crippen LogP contribution in [0.15, 0.2) is 107 Å². The Morgan fingerprint density at radius 3 is 2.59 bits per heavy atom. The third-order valence-electron chi connectivity index (χ3n) is 5.88. The summed E-state index contributed by atoms with van der Waals surface area (Å²) >= 11 is 0. The van der Waals surface area contributed by atoms with E-state index in [9.17, 15) is 13.2 Å². The Hall–Kier alpha value is -4.08. The number of hydrogen-bond donors (Lipinski definition) is 3. The van der Waals surface area contributed by atoms with E-state index in [-0.39, 0.29) is 22.8 Å². The predicted molar refractivity (Wildman–Crippen MR) is 146 cm³/mol. The average Bonchev–Trinajstić information content (AvgIpc) is 2.87. The van der Waals surface area contributed by atoms with Crippen molar-refractivity contribution in [2.45, 2.75) is 31.2 Å². The number of nitrogens with two attached hydrogens (primary N) is 1. The van der Waals surface area contributed by atoms with E-state index in [2.05, 4.69) is 34.7 Å². The summed E-state index contributed by atoms with van der Waals surface area (Å²) in [4.78, 5) is 21.4. The first-order chi connectivity index (χ1) is 17.7. The number of hydrogen-bond acceptors (Lipinski definition) is 6. The summed E-state index contributed by atoms with van der Waals surface area (Å²) in [5, 5.41) is 11.6. The Kier molecular flexibility index (Phi) is 7.95. The minimum Gasteiger partial charge on any atom is -0.364 e. The van der Waals surface area contributed by atoms with Gasteiger partial charge in [-0.1, -0.05) is 37.3 Å². The van der Waals surface area contributed by atoms with E-state index in [1.54, 1.807) is 30.5 Å². The fraction of sp³-hybridized carbons (Fsp3) is 0.179. The van der Waals surface area contributed by atoms with E-state index in [1.165, 1.54) is 18.3 Å². The second-order valence-corrected chi connectivity index (χ2v) is 10.5. The highest BCUT2D eigenvalue weighted by molar-refractivity contribution is 7.89. The number of aromatic nitrogens is 1. The highest BCUT2D eigenvalue weighted by Gasteiger charge is 2.14. The second kappa shape index (κ2) is 11.3. The molecular formula is C28H29N5O3S. The number of amides is 1. The van der Waals surface area contributed by atoms with Crippen molar-refractivity contribution in [1.29, 1.82) is 0 Å². The summed E-state index contributed by atoms with van der Waals surface area (Å²) in [6.07, 6.45) is 10.1. The lowest BCUT2D eigenvalue weighted by atomic mass is 10.0. The number of pyridine rings is 1. The lowest BCUT2D eigenvalue weighted by molar-refractivity contribution is 0.102. The predicted octanol–water partition coefficient (Wildman–Crippen LogP) is 4.56. The van der Waals surface area contributed by atoms with E-state index in [0.29, 0.717) is 22.8 Å². The largest absolute Gasteiger partial charge is 0.364 e. The first kappa shape index (κ1) is 26.0. The molecule has 0 fully saturated rings. The van der Waals surface area contributed by atoms with Crippen molar-refractivity contribution in [3.8, 4) is 0 Å². The molecule has 0 saturated heterocycles. The molecule has 0 aliphatic carbocycles. The lowest BCUT2D eigenvalue weighted by Crippen LogP contribution is -2.20. The van der Waals surface area contributed by atoms with Crippen molar-refractivity contribution in [3.63, 3.8) is 0 Å². The van der Waals surface area contributed by atoms with Gasteiger partial charge in [0.25, 0.3) is 5.91 Å². The van der Waals surface area contributed by atoms with Crippen molar-refractivity contribution in [1.82, 2.24) is 10.3 Å². The number of allylic oxidation sites excluding steroid dienone is 3. The minimum absolute atomic E-state index is 0.0540. The molecule has 8 nitrogen and oxygen atoms in total. The number of nitrogens with zero attached hydrogens (tertiary/aromatic N) is 2. The number of primary sulfonamides is 1. The molecule has 1 aromatic heterocycles. The zero-order chi connectivity index (χ0) is 26.4. The number of anilines is 1. The SMILES string of the molecule is CC1\C=C(N[C@@H](C)c2cccc(NC(=O)c3cccnc3)c2)/N=C(c2ccc(S(N)(=O)=O)cc2)\C=C\C1. The summed E-state index contributed by atoms with van der Waals surface area (Å²) in [6, 6.07) is 17.3. The van der Waals surface area contributed by atoms with Crippen molar-refractivity contribution in [2.75, 3.05) is 5.32 Å². The Balaban J connectivity index is 1.54. The van der Waals surface area contributed by atoms with Gasteiger partial charge in [0.05, 0.1) is 22.2 Å². The third-order valence-corrected chi connectivity index (χ3v) is 6.81. The maximum atomic E-state index is 12.5. The number of aliphatic imine (C=N–C) groups is 1. The number of carbonyl (C=O) groups is 1. The van der Waals surface area contributed by atoms with Gasteiger partial charge in [-0.05, 0) is 73.4 Å². The van der Waals surface area contributed by atoms with Crippen LogP contribution >= 0.6 is 0 Å². The lowest BCUT2D eigenvalue weighted by Gasteiger charge is -2.20. The normalized spacial score (nSPS) is 20.2. The number of benzene rings is 2. The quantitative estimate of drug-likeness (QED) is 0.425. The van der Waals surface area contributed by atoms with Crippen LogP contribution in [0.25, 0.3) is 0 Å². The van der Waals surface area contributed by atoms with Crippen LogP contribution < -0.4 is 15.8 Å². The van der Waals surface area contributed by atoms with Crippen molar-refractivity contribution in [2.24, 2.45) is 16.0 Å².